The fourth-order valence-corrected chi connectivity index (χ4v) is 5.02. The van der Waals surface area contributed by atoms with Gasteiger partial charge in [-0.05, 0) is 38.0 Å². The fraction of sp³-hybridized carbons (Fsp3) is 0.567. The molecule has 24 nitrogen and oxygen atoms in total. The van der Waals surface area contributed by atoms with Gasteiger partial charge in [0, 0.05) is 13.1 Å². The molecule has 19 N–H and O–H groups in total. The van der Waals surface area contributed by atoms with Gasteiger partial charge in [-0.15, -0.1) is 0 Å². The number of carbonyl (C=O) groups is 6. The smallest absolute Gasteiger partial charge is 0.246 e. The lowest BCUT2D eigenvalue weighted by atomic mass is 10.0. The van der Waals surface area contributed by atoms with Gasteiger partial charge in [0.15, 0.2) is 22.2 Å². The number of carbonyl (C=O) groups excluding carboxylic acids is 6. The quantitative estimate of drug-likeness (QED) is 0.0217. The molecule has 25 heteroatoms. The summed E-state index contributed by atoms with van der Waals surface area (Å²) >= 11 is 5.15. The molecule has 0 saturated carbocycles. The summed E-state index contributed by atoms with van der Waals surface area (Å²) in [5, 5.41) is 24.3. The van der Waals surface area contributed by atoms with Crippen LogP contribution in [0.3, 0.4) is 0 Å². The molecule has 2 heterocycles. The highest BCUT2D eigenvalue weighted by Gasteiger charge is 2.31. The number of imidazole rings is 1. The molecule has 0 fully saturated rings. The molecule has 0 bridgehead atoms. The number of guanidine groups is 2. The first-order chi connectivity index (χ1) is 26.0. The maximum Gasteiger partial charge on any atom is 0.246 e. The van der Waals surface area contributed by atoms with Crippen LogP contribution in [0.25, 0.3) is 11.2 Å². The van der Waals surface area contributed by atoms with Crippen molar-refractivity contribution in [1.82, 2.24) is 46.5 Å². The van der Waals surface area contributed by atoms with Gasteiger partial charge in [-0.3, -0.25) is 44.1 Å². The minimum Gasteiger partial charge on any atom is -0.394 e. The van der Waals surface area contributed by atoms with E-state index in [-0.39, 0.29) is 73.6 Å². The molecule has 0 aromatic carbocycles. The molecule has 0 saturated heterocycles. The molecular weight excluding hydrogens is 743 g/mol. The first-order valence-corrected chi connectivity index (χ1v) is 17.6. The number of hydrogen-bond donors (Lipinski definition) is 14. The van der Waals surface area contributed by atoms with Crippen molar-refractivity contribution >= 4 is 76.7 Å². The van der Waals surface area contributed by atoms with Gasteiger partial charge in [0.1, 0.15) is 29.7 Å². The summed E-state index contributed by atoms with van der Waals surface area (Å²) in [6, 6.07) is -4.88. The molecule has 0 aliphatic carbocycles. The fourth-order valence-electron chi connectivity index (χ4n) is 4.77. The Morgan fingerprint density at radius 1 is 0.818 bits per heavy atom. The number of aromatic amines is 2. The number of nitrogens with one attached hydrogen (secondary N) is 8. The summed E-state index contributed by atoms with van der Waals surface area (Å²) < 4.78 is 0.166. The van der Waals surface area contributed by atoms with E-state index in [1.807, 2.05) is 13.8 Å². The van der Waals surface area contributed by atoms with Gasteiger partial charge < -0.3 is 70.3 Å². The summed E-state index contributed by atoms with van der Waals surface area (Å²) in [6.45, 7) is 2.16. The second-order valence-corrected chi connectivity index (χ2v) is 12.9. The Balaban J connectivity index is 2.10. The number of nitrogens with zero attached hydrogens (tertiary/aromatic N) is 4. The standard InChI is InChI=1S/C30H51N17O7S/c1-14(2)9-18(44-25(53)17(6-4-8-37-29(34)35)42-23(51)15(31)12-48)26(54)43-16(5-3-7-36-28(32)33)24(52)39-10-19(49)38-11-20(50)45-30-46-22-21(27(55)47-30)40-13-41-22/h13-18,48H,3-12,31H2,1-2H3,(H,38,49)(H,39,52)(H,42,51)(H,43,54)(H,44,53)(H4,32,33,36)(H4,34,35,37)(H3,40,41,45,46,47,50,55). The lowest BCUT2D eigenvalue weighted by molar-refractivity contribution is -0.134. The van der Waals surface area contributed by atoms with Gasteiger partial charge in [0.25, 0.3) is 0 Å². The Morgan fingerprint density at radius 2 is 1.36 bits per heavy atom. The van der Waals surface area contributed by atoms with E-state index in [2.05, 4.69) is 61.8 Å². The second-order valence-electron chi connectivity index (χ2n) is 12.6. The maximum atomic E-state index is 13.6. The Labute approximate surface area is 320 Å². The number of fused-ring (bicyclic) bond motifs is 1. The van der Waals surface area contributed by atoms with Gasteiger partial charge >= 0.3 is 0 Å². The minimum absolute atomic E-state index is 0.0115. The van der Waals surface area contributed by atoms with Crippen LogP contribution in [0.2, 0.25) is 0 Å². The number of rotatable bonds is 23. The van der Waals surface area contributed by atoms with Gasteiger partial charge in [-0.25, -0.2) is 9.97 Å². The lowest BCUT2D eigenvalue weighted by Gasteiger charge is -2.26. The molecule has 2 rings (SSSR count). The molecule has 0 aliphatic rings. The van der Waals surface area contributed by atoms with Crippen molar-refractivity contribution in [2.24, 2.45) is 44.6 Å². The zero-order chi connectivity index (χ0) is 41.1. The SMILES string of the molecule is CC(C)CC(NC(=O)C(CCCN=C(N)N)NC(=O)C(N)CO)C(=O)NC(CCCN=C(N)N)C(=O)NCC(=O)NCC(=O)Nc1nc(=S)c2[nH]cnc2[nH]1. The predicted octanol–water partition coefficient (Wildman–Crippen LogP) is -4.89. The van der Waals surface area contributed by atoms with Crippen LogP contribution in [0.1, 0.15) is 46.0 Å². The first kappa shape index (κ1) is 45.2. The highest BCUT2D eigenvalue weighted by molar-refractivity contribution is 7.71. The lowest BCUT2D eigenvalue weighted by Crippen LogP contribution is -2.58. The van der Waals surface area contributed by atoms with Crippen LogP contribution in [0.5, 0.6) is 0 Å². The maximum absolute atomic E-state index is 13.6. The molecule has 55 heavy (non-hydrogen) atoms. The first-order valence-electron chi connectivity index (χ1n) is 17.2. The third kappa shape index (κ3) is 16.7. The number of aliphatic imine (C=N–C) groups is 2. The van der Waals surface area contributed by atoms with Crippen LogP contribution in [0, 0.1) is 10.6 Å². The molecule has 2 aromatic heterocycles. The van der Waals surface area contributed by atoms with Crippen LogP contribution in [-0.2, 0) is 28.8 Å². The van der Waals surface area contributed by atoms with E-state index in [4.69, 9.17) is 40.9 Å². The van der Waals surface area contributed by atoms with E-state index < -0.39 is 79.3 Å². The van der Waals surface area contributed by atoms with Crippen LogP contribution in [0.4, 0.5) is 5.95 Å². The van der Waals surface area contributed by atoms with E-state index in [0.717, 1.165) is 0 Å². The van der Waals surface area contributed by atoms with Crippen LogP contribution in [-0.4, -0.2) is 129 Å². The minimum atomic E-state index is -1.31. The number of H-pyrrole nitrogens is 2. The van der Waals surface area contributed by atoms with E-state index in [0.29, 0.717) is 11.2 Å². The third-order valence-corrected chi connectivity index (χ3v) is 7.76. The summed E-state index contributed by atoms with van der Waals surface area (Å²) in [7, 11) is 0. The monoisotopic (exact) mass is 793 g/mol. The molecular formula is C30H51N17O7S. The van der Waals surface area contributed by atoms with Gasteiger partial charge in [0.2, 0.25) is 41.4 Å². The number of aliphatic hydroxyl groups excluding tert-OH is 1. The summed E-state index contributed by atoms with van der Waals surface area (Å²) in [5.41, 5.74) is 28.0. The summed E-state index contributed by atoms with van der Waals surface area (Å²) in [6.07, 6.45) is 2.10. The van der Waals surface area contributed by atoms with E-state index in [1.54, 1.807) is 0 Å². The Kier molecular flexibility index (Phi) is 18.9. The van der Waals surface area contributed by atoms with Gasteiger partial charge in [-0.2, -0.15) is 0 Å². The van der Waals surface area contributed by atoms with Crippen molar-refractivity contribution < 1.29 is 33.9 Å². The van der Waals surface area contributed by atoms with Crippen LogP contribution in [0.15, 0.2) is 16.3 Å². The van der Waals surface area contributed by atoms with Gasteiger partial charge in [-0.1, -0.05) is 26.1 Å². The van der Waals surface area contributed by atoms with Crippen molar-refractivity contribution in [1.29, 1.82) is 0 Å². The number of nitrogens with two attached hydrogens (primary N) is 5. The summed E-state index contributed by atoms with van der Waals surface area (Å²) in [4.78, 5) is 99.2. The third-order valence-electron chi connectivity index (χ3n) is 7.46. The van der Waals surface area contributed by atoms with Crippen molar-refractivity contribution in [2.45, 2.75) is 70.1 Å². The molecule has 4 unspecified atom stereocenters. The van der Waals surface area contributed by atoms with E-state index in [9.17, 15) is 33.9 Å². The molecule has 0 spiro atoms. The number of anilines is 1. The average molecular weight is 794 g/mol. The topological polar surface area (TPSA) is 407 Å². The Bertz CT molecular complexity index is 1750. The van der Waals surface area contributed by atoms with Crippen molar-refractivity contribution in [2.75, 3.05) is 38.1 Å². The number of amides is 6. The van der Waals surface area contributed by atoms with Crippen LogP contribution >= 0.6 is 12.2 Å². The molecule has 0 aliphatic heterocycles. The average Bonchev–Trinajstić information content (AvgIpc) is 3.60. The second kappa shape index (κ2) is 23.0. The Hall–Kier alpha value is -5.95. The van der Waals surface area contributed by atoms with E-state index in [1.165, 1.54) is 6.33 Å². The van der Waals surface area contributed by atoms with Gasteiger partial charge in [0.05, 0.1) is 26.0 Å². The molecule has 4 atom stereocenters. The largest absolute Gasteiger partial charge is 0.394 e. The number of aliphatic hydroxyl groups is 1. The summed E-state index contributed by atoms with van der Waals surface area (Å²) in [5.74, 6) is -4.85. The zero-order valence-electron chi connectivity index (χ0n) is 30.5. The van der Waals surface area contributed by atoms with Crippen molar-refractivity contribution in [3.8, 4) is 0 Å². The molecule has 0 radical (unpaired) electrons. The Morgan fingerprint density at radius 3 is 1.95 bits per heavy atom. The normalized spacial score (nSPS) is 13.0. The zero-order valence-corrected chi connectivity index (χ0v) is 31.3. The van der Waals surface area contributed by atoms with Crippen molar-refractivity contribution in [3.63, 3.8) is 0 Å². The predicted molar refractivity (Wildman–Crippen MR) is 204 cm³/mol. The number of hydrogen-bond acceptors (Lipinski definition) is 13. The van der Waals surface area contributed by atoms with Crippen molar-refractivity contribution in [3.05, 3.63) is 11.0 Å². The van der Waals surface area contributed by atoms with E-state index >= 15 is 0 Å². The molecule has 2 aromatic rings. The highest BCUT2D eigenvalue weighted by Crippen LogP contribution is 2.11. The molecule has 304 valence electrons. The molecule has 6 amide bonds. The number of aromatic nitrogens is 4. The van der Waals surface area contributed by atoms with Crippen LogP contribution < -0.4 is 60.6 Å². The highest BCUT2D eigenvalue weighted by atomic mass is 32.1.